The minimum atomic E-state index is -0.890. The van der Waals surface area contributed by atoms with Crippen molar-refractivity contribution in [2.45, 2.75) is 6.42 Å². The van der Waals surface area contributed by atoms with Gasteiger partial charge in [-0.1, -0.05) is 0 Å². The van der Waals surface area contributed by atoms with Crippen LogP contribution in [-0.2, 0) is 11.2 Å². The third-order valence-electron chi connectivity index (χ3n) is 2.63. The predicted molar refractivity (Wildman–Crippen MR) is 70.6 cm³/mol. The van der Waals surface area contributed by atoms with Crippen LogP contribution in [0.3, 0.4) is 0 Å². The van der Waals surface area contributed by atoms with Gasteiger partial charge in [-0.25, -0.2) is 4.98 Å². The summed E-state index contributed by atoms with van der Waals surface area (Å²) in [5.41, 5.74) is 1.17. The predicted octanol–water partition coefficient (Wildman–Crippen LogP) is 0.902. The van der Waals surface area contributed by atoms with Gasteiger partial charge in [-0.05, 0) is 26.2 Å². The monoisotopic (exact) mass is 263 g/mol. The summed E-state index contributed by atoms with van der Waals surface area (Å²) >= 11 is 0. The van der Waals surface area contributed by atoms with Gasteiger partial charge < -0.3 is 19.1 Å². The van der Waals surface area contributed by atoms with Crippen molar-refractivity contribution >= 4 is 11.6 Å². The molecule has 102 valence electrons. The number of carbonyl (C=O) groups is 1. The van der Waals surface area contributed by atoms with E-state index in [9.17, 15) is 4.79 Å². The summed E-state index contributed by atoms with van der Waals surface area (Å²) in [6.45, 7) is 1.37. The van der Waals surface area contributed by atoms with Gasteiger partial charge in [0.2, 0.25) is 0 Å². The smallest absolute Gasteiger partial charge is 0.309 e. The summed E-state index contributed by atoms with van der Waals surface area (Å²) in [4.78, 5) is 17.0. The van der Waals surface area contributed by atoms with E-state index in [1.807, 2.05) is 37.3 Å². The lowest BCUT2D eigenvalue weighted by atomic mass is 10.3. The molecular weight excluding hydrogens is 246 g/mol. The first kappa shape index (κ1) is 13.4. The zero-order chi connectivity index (χ0) is 13.8. The highest BCUT2D eigenvalue weighted by atomic mass is 16.5. The van der Waals surface area contributed by atoms with Gasteiger partial charge in [0, 0.05) is 18.9 Å². The van der Waals surface area contributed by atoms with Crippen molar-refractivity contribution in [2.24, 2.45) is 0 Å². The number of aliphatic carboxylic acids is 1. The van der Waals surface area contributed by atoms with E-state index in [1.165, 1.54) is 0 Å². The molecule has 2 aromatic heterocycles. The standard InChI is InChI=1S/C13H17N3O3/c1-15(2)6-7-19-11-4-3-5-16-9-10(8-12(17)18)14-13(11)16/h3-5,9H,6-8H2,1-2H3,(H,17,18). The minimum Gasteiger partial charge on any atom is -0.488 e. The Morgan fingerprint density at radius 1 is 1.53 bits per heavy atom. The molecule has 0 bridgehead atoms. The van der Waals surface area contributed by atoms with Gasteiger partial charge in [-0.3, -0.25) is 4.79 Å². The van der Waals surface area contributed by atoms with Gasteiger partial charge in [0.05, 0.1) is 12.1 Å². The molecule has 0 saturated carbocycles. The highest BCUT2D eigenvalue weighted by Crippen LogP contribution is 2.19. The Kier molecular flexibility index (Phi) is 4.01. The molecule has 2 rings (SSSR count). The molecule has 0 aromatic carbocycles. The lowest BCUT2D eigenvalue weighted by Crippen LogP contribution is -2.19. The van der Waals surface area contributed by atoms with Gasteiger partial charge >= 0.3 is 5.97 Å². The maximum absolute atomic E-state index is 10.7. The third kappa shape index (κ3) is 3.45. The number of hydrogen-bond donors (Lipinski definition) is 1. The van der Waals surface area contributed by atoms with Crippen molar-refractivity contribution in [1.29, 1.82) is 0 Å². The Morgan fingerprint density at radius 3 is 3.00 bits per heavy atom. The van der Waals surface area contributed by atoms with E-state index in [0.29, 0.717) is 23.7 Å². The second kappa shape index (κ2) is 5.71. The van der Waals surface area contributed by atoms with Crippen molar-refractivity contribution in [2.75, 3.05) is 27.2 Å². The van der Waals surface area contributed by atoms with Gasteiger partial charge in [-0.2, -0.15) is 0 Å². The van der Waals surface area contributed by atoms with Crippen molar-refractivity contribution < 1.29 is 14.6 Å². The zero-order valence-corrected chi connectivity index (χ0v) is 11.0. The zero-order valence-electron chi connectivity index (χ0n) is 11.0. The van der Waals surface area contributed by atoms with E-state index in [0.717, 1.165) is 6.54 Å². The van der Waals surface area contributed by atoms with Gasteiger partial charge in [0.1, 0.15) is 6.61 Å². The number of fused-ring (bicyclic) bond motifs is 1. The summed E-state index contributed by atoms with van der Waals surface area (Å²) in [6.07, 6.45) is 3.45. The summed E-state index contributed by atoms with van der Waals surface area (Å²) < 4.78 is 7.46. The average molecular weight is 263 g/mol. The van der Waals surface area contributed by atoms with Crippen LogP contribution in [-0.4, -0.2) is 52.6 Å². The summed E-state index contributed by atoms with van der Waals surface area (Å²) in [5.74, 6) is -0.223. The molecule has 0 aliphatic rings. The molecule has 0 aliphatic carbocycles. The number of pyridine rings is 1. The van der Waals surface area contributed by atoms with E-state index in [4.69, 9.17) is 9.84 Å². The Bertz CT molecular complexity index is 578. The van der Waals surface area contributed by atoms with Crippen molar-refractivity contribution in [3.63, 3.8) is 0 Å². The molecule has 6 nitrogen and oxygen atoms in total. The van der Waals surface area contributed by atoms with Crippen LogP contribution in [0, 0.1) is 0 Å². The molecule has 2 aromatic rings. The van der Waals surface area contributed by atoms with Crippen LogP contribution in [0.2, 0.25) is 0 Å². The number of ether oxygens (including phenoxy) is 1. The van der Waals surface area contributed by atoms with Gasteiger partial charge in [0.15, 0.2) is 11.4 Å². The van der Waals surface area contributed by atoms with E-state index in [2.05, 4.69) is 4.98 Å². The van der Waals surface area contributed by atoms with Crippen LogP contribution in [0.1, 0.15) is 5.69 Å². The van der Waals surface area contributed by atoms with Crippen LogP contribution in [0.25, 0.3) is 5.65 Å². The number of aromatic nitrogens is 2. The molecular formula is C13H17N3O3. The van der Waals surface area contributed by atoms with E-state index < -0.39 is 5.97 Å². The van der Waals surface area contributed by atoms with Crippen LogP contribution >= 0.6 is 0 Å². The van der Waals surface area contributed by atoms with Gasteiger partial charge in [0.25, 0.3) is 0 Å². The van der Waals surface area contributed by atoms with Crippen LogP contribution < -0.4 is 4.74 Å². The molecule has 0 saturated heterocycles. The molecule has 2 heterocycles. The first-order valence-electron chi connectivity index (χ1n) is 6.02. The van der Waals surface area contributed by atoms with Crippen LogP contribution in [0.4, 0.5) is 0 Å². The summed E-state index contributed by atoms with van der Waals surface area (Å²) in [5, 5.41) is 8.78. The van der Waals surface area contributed by atoms with Crippen molar-refractivity contribution in [3.05, 3.63) is 30.2 Å². The topological polar surface area (TPSA) is 67.1 Å². The number of rotatable bonds is 6. The molecule has 0 aliphatic heterocycles. The Morgan fingerprint density at radius 2 is 2.32 bits per heavy atom. The van der Waals surface area contributed by atoms with E-state index in [1.54, 1.807) is 10.6 Å². The Hall–Kier alpha value is -2.08. The summed E-state index contributed by atoms with van der Waals surface area (Å²) in [7, 11) is 3.95. The number of hydrogen-bond acceptors (Lipinski definition) is 4. The molecule has 6 heteroatoms. The highest BCUT2D eigenvalue weighted by Gasteiger charge is 2.09. The van der Waals surface area contributed by atoms with Crippen molar-refractivity contribution in [3.8, 4) is 5.75 Å². The SMILES string of the molecule is CN(C)CCOc1cccn2cc(CC(=O)O)nc12. The first-order chi connectivity index (χ1) is 9.06. The Labute approximate surface area is 111 Å². The molecule has 19 heavy (non-hydrogen) atoms. The fraction of sp³-hybridized carbons (Fsp3) is 0.385. The third-order valence-corrected chi connectivity index (χ3v) is 2.63. The summed E-state index contributed by atoms with van der Waals surface area (Å²) in [6, 6.07) is 3.69. The van der Waals surface area contributed by atoms with Gasteiger partial charge in [-0.15, -0.1) is 0 Å². The average Bonchev–Trinajstić information content (AvgIpc) is 2.70. The first-order valence-corrected chi connectivity index (χ1v) is 6.02. The number of nitrogens with zero attached hydrogens (tertiary/aromatic N) is 3. The molecule has 0 unspecified atom stereocenters. The van der Waals surface area contributed by atoms with Crippen molar-refractivity contribution in [1.82, 2.24) is 14.3 Å². The second-order valence-electron chi connectivity index (χ2n) is 4.56. The quantitative estimate of drug-likeness (QED) is 0.838. The highest BCUT2D eigenvalue weighted by molar-refractivity contribution is 5.70. The maximum Gasteiger partial charge on any atom is 0.309 e. The number of imidazole rings is 1. The second-order valence-corrected chi connectivity index (χ2v) is 4.56. The molecule has 1 N–H and O–H groups in total. The number of likely N-dealkylation sites (N-methyl/N-ethyl adjacent to an activating group) is 1. The number of carboxylic acid groups (broad SMARTS) is 1. The maximum atomic E-state index is 10.7. The van der Waals surface area contributed by atoms with E-state index in [-0.39, 0.29) is 6.42 Å². The fourth-order valence-corrected chi connectivity index (χ4v) is 1.73. The lowest BCUT2D eigenvalue weighted by molar-refractivity contribution is -0.136. The molecule has 0 radical (unpaired) electrons. The fourth-order valence-electron chi connectivity index (χ4n) is 1.73. The molecule has 0 fully saturated rings. The van der Waals surface area contributed by atoms with Crippen LogP contribution in [0.15, 0.2) is 24.5 Å². The number of carboxylic acids is 1. The molecule has 0 atom stereocenters. The minimum absolute atomic E-state index is 0.0845. The normalized spacial score (nSPS) is 11.1. The van der Waals surface area contributed by atoms with E-state index >= 15 is 0 Å². The largest absolute Gasteiger partial charge is 0.488 e. The lowest BCUT2D eigenvalue weighted by Gasteiger charge is -2.11. The molecule has 0 amide bonds. The van der Waals surface area contributed by atoms with Crippen LogP contribution in [0.5, 0.6) is 5.75 Å². The molecule has 0 spiro atoms. The Balaban J connectivity index is 2.19.